The minimum atomic E-state index is -0.528. The number of carbonyl (C=O) groups excluding carboxylic acids is 1. The highest BCUT2D eigenvalue weighted by Gasteiger charge is 2.12. The van der Waals surface area contributed by atoms with Crippen LogP contribution in [0, 0.1) is 0 Å². The van der Waals surface area contributed by atoms with Crippen LogP contribution in [-0.4, -0.2) is 42.2 Å². The Morgan fingerprint density at radius 2 is 2.06 bits per heavy atom. The van der Waals surface area contributed by atoms with Gasteiger partial charge >= 0.3 is 5.97 Å². The van der Waals surface area contributed by atoms with Crippen molar-refractivity contribution in [3.63, 3.8) is 0 Å². The normalized spacial score (nSPS) is 10.6. The SMILES string of the molecule is CCN(CC)CCOC(=O)c1ccc(N)cc1O. The van der Waals surface area contributed by atoms with E-state index in [0.29, 0.717) is 18.8 Å². The van der Waals surface area contributed by atoms with Crippen molar-refractivity contribution in [3.8, 4) is 5.75 Å². The maximum atomic E-state index is 11.7. The average molecular weight is 252 g/mol. The smallest absolute Gasteiger partial charge is 0.341 e. The van der Waals surface area contributed by atoms with Crippen LogP contribution in [0.4, 0.5) is 5.69 Å². The van der Waals surface area contributed by atoms with Crippen molar-refractivity contribution in [1.29, 1.82) is 0 Å². The van der Waals surface area contributed by atoms with E-state index in [9.17, 15) is 9.90 Å². The van der Waals surface area contributed by atoms with Crippen molar-refractivity contribution in [2.24, 2.45) is 0 Å². The summed E-state index contributed by atoms with van der Waals surface area (Å²) in [5.74, 6) is -0.678. The lowest BCUT2D eigenvalue weighted by Gasteiger charge is -2.17. The molecule has 0 aliphatic carbocycles. The Hall–Kier alpha value is -1.75. The maximum Gasteiger partial charge on any atom is 0.341 e. The highest BCUT2D eigenvalue weighted by molar-refractivity contribution is 5.92. The molecule has 0 aromatic heterocycles. The Morgan fingerprint density at radius 1 is 1.39 bits per heavy atom. The first-order chi connectivity index (χ1) is 8.58. The second kappa shape index (κ2) is 6.86. The molecule has 0 unspecified atom stereocenters. The molecular formula is C13H20N2O3. The molecule has 0 fully saturated rings. The number of carbonyl (C=O) groups is 1. The van der Waals surface area contributed by atoms with E-state index in [1.54, 1.807) is 6.07 Å². The number of hydrogen-bond acceptors (Lipinski definition) is 5. The molecule has 0 spiro atoms. The van der Waals surface area contributed by atoms with E-state index in [2.05, 4.69) is 18.7 Å². The summed E-state index contributed by atoms with van der Waals surface area (Å²) in [6, 6.07) is 4.35. The number of hydrogen-bond donors (Lipinski definition) is 2. The number of phenolic OH excluding ortho intramolecular Hbond substituents is 1. The zero-order valence-electron chi connectivity index (χ0n) is 10.8. The molecular weight excluding hydrogens is 232 g/mol. The summed E-state index contributed by atoms with van der Waals surface area (Å²) in [6.07, 6.45) is 0. The van der Waals surface area contributed by atoms with E-state index in [0.717, 1.165) is 13.1 Å². The average Bonchev–Trinajstić information content (AvgIpc) is 2.34. The van der Waals surface area contributed by atoms with Crippen LogP contribution in [0.25, 0.3) is 0 Å². The molecule has 0 aliphatic rings. The molecule has 0 saturated heterocycles. The van der Waals surface area contributed by atoms with E-state index < -0.39 is 5.97 Å². The highest BCUT2D eigenvalue weighted by Crippen LogP contribution is 2.20. The largest absolute Gasteiger partial charge is 0.507 e. The predicted octanol–water partition coefficient (Wildman–Crippen LogP) is 1.47. The fraction of sp³-hybridized carbons (Fsp3) is 0.462. The van der Waals surface area contributed by atoms with Crippen LogP contribution in [0.3, 0.4) is 0 Å². The number of aromatic hydroxyl groups is 1. The van der Waals surface area contributed by atoms with Crippen molar-refractivity contribution in [1.82, 2.24) is 4.90 Å². The topological polar surface area (TPSA) is 75.8 Å². The molecule has 0 bridgehead atoms. The maximum absolute atomic E-state index is 11.7. The van der Waals surface area contributed by atoms with Gasteiger partial charge in [-0.25, -0.2) is 4.79 Å². The highest BCUT2D eigenvalue weighted by atomic mass is 16.5. The van der Waals surface area contributed by atoms with Crippen molar-refractivity contribution in [3.05, 3.63) is 23.8 Å². The summed E-state index contributed by atoms with van der Waals surface area (Å²) in [5, 5.41) is 9.57. The molecule has 0 atom stereocenters. The molecule has 1 aromatic carbocycles. The third-order valence-electron chi connectivity index (χ3n) is 2.78. The monoisotopic (exact) mass is 252 g/mol. The molecule has 0 saturated carbocycles. The Labute approximate surface area is 107 Å². The zero-order valence-corrected chi connectivity index (χ0v) is 10.8. The van der Waals surface area contributed by atoms with Gasteiger partial charge in [-0.2, -0.15) is 0 Å². The number of nitrogens with two attached hydrogens (primary N) is 1. The van der Waals surface area contributed by atoms with Crippen LogP contribution in [0.2, 0.25) is 0 Å². The number of rotatable bonds is 6. The van der Waals surface area contributed by atoms with Gasteiger partial charge in [0.2, 0.25) is 0 Å². The summed E-state index contributed by atoms with van der Waals surface area (Å²) in [7, 11) is 0. The summed E-state index contributed by atoms with van der Waals surface area (Å²) >= 11 is 0. The lowest BCUT2D eigenvalue weighted by molar-refractivity contribution is 0.0463. The third kappa shape index (κ3) is 3.92. The lowest BCUT2D eigenvalue weighted by atomic mass is 10.2. The Morgan fingerprint density at radius 3 is 2.61 bits per heavy atom. The number of anilines is 1. The molecule has 5 heteroatoms. The zero-order chi connectivity index (χ0) is 13.5. The number of phenols is 1. The first-order valence-corrected chi connectivity index (χ1v) is 6.06. The number of benzene rings is 1. The number of nitrogens with zero attached hydrogens (tertiary/aromatic N) is 1. The quantitative estimate of drug-likeness (QED) is 0.592. The van der Waals surface area contributed by atoms with Crippen LogP contribution in [0.1, 0.15) is 24.2 Å². The third-order valence-corrected chi connectivity index (χ3v) is 2.78. The van der Waals surface area contributed by atoms with Crippen LogP contribution in [0.5, 0.6) is 5.75 Å². The number of ether oxygens (including phenoxy) is 1. The number of esters is 1. The van der Waals surface area contributed by atoms with Crippen molar-refractivity contribution in [2.75, 3.05) is 32.0 Å². The van der Waals surface area contributed by atoms with Crippen LogP contribution in [-0.2, 0) is 4.74 Å². The molecule has 0 aliphatic heterocycles. The van der Waals surface area contributed by atoms with Crippen molar-refractivity contribution >= 4 is 11.7 Å². The number of nitrogen functional groups attached to an aromatic ring is 1. The van der Waals surface area contributed by atoms with Gasteiger partial charge in [-0.3, -0.25) is 0 Å². The van der Waals surface area contributed by atoms with E-state index >= 15 is 0 Å². The lowest BCUT2D eigenvalue weighted by Crippen LogP contribution is -2.27. The molecule has 5 nitrogen and oxygen atoms in total. The Kier molecular flexibility index (Phi) is 5.45. The summed E-state index contributed by atoms with van der Waals surface area (Å²) in [6.45, 7) is 6.94. The van der Waals surface area contributed by atoms with Crippen LogP contribution < -0.4 is 5.73 Å². The van der Waals surface area contributed by atoms with E-state index in [-0.39, 0.29) is 11.3 Å². The van der Waals surface area contributed by atoms with E-state index in [1.807, 2.05) is 0 Å². The fourth-order valence-corrected chi connectivity index (χ4v) is 1.61. The van der Waals surface area contributed by atoms with Gasteiger partial charge in [-0.15, -0.1) is 0 Å². The number of likely N-dealkylation sites (N-methyl/N-ethyl adjacent to an activating group) is 1. The van der Waals surface area contributed by atoms with Gasteiger partial charge in [0.25, 0.3) is 0 Å². The van der Waals surface area contributed by atoms with Gasteiger partial charge in [-0.05, 0) is 25.2 Å². The van der Waals surface area contributed by atoms with E-state index in [1.165, 1.54) is 12.1 Å². The fourth-order valence-electron chi connectivity index (χ4n) is 1.61. The first-order valence-electron chi connectivity index (χ1n) is 6.06. The second-order valence-corrected chi connectivity index (χ2v) is 3.94. The summed E-state index contributed by atoms with van der Waals surface area (Å²) in [4.78, 5) is 13.8. The molecule has 0 heterocycles. The van der Waals surface area contributed by atoms with Gasteiger partial charge in [0, 0.05) is 18.3 Å². The predicted molar refractivity (Wildman–Crippen MR) is 70.6 cm³/mol. The minimum Gasteiger partial charge on any atom is -0.507 e. The van der Waals surface area contributed by atoms with E-state index in [4.69, 9.17) is 10.5 Å². The molecule has 0 amide bonds. The molecule has 18 heavy (non-hydrogen) atoms. The van der Waals surface area contributed by atoms with Gasteiger partial charge in [0.15, 0.2) is 0 Å². The Bertz CT molecular complexity index is 403. The molecule has 100 valence electrons. The van der Waals surface area contributed by atoms with Gasteiger partial charge in [-0.1, -0.05) is 13.8 Å². The molecule has 1 aromatic rings. The Balaban J connectivity index is 2.50. The minimum absolute atomic E-state index is 0.142. The first kappa shape index (κ1) is 14.3. The molecule has 0 radical (unpaired) electrons. The van der Waals surface area contributed by atoms with Gasteiger partial charge < -0.3 is 20.5 Å². The van der Waals surface area contributed by atoms with Crippen LogP contribution in [0.15, 0.2) is 18.2 Å². The summed E-state index contributed by atoms with van der Waals surface area (Å²) in [5.41, 5.74) is 6.04. The standard InChI is InChI=1S/C13H20N2O3/c1-3-15(4-2)7-8-18-13(17)11-6-5-10(14)9-12(11)16/h5-6,9,16H,3-4,7-8,14H2,1-2H3. The molecule has 1 rings (SSSR count). The molecule has 3 N–H and O–H groups in total. The van der Waals surface area contributed by atoms with Crippen molar-refractivity contribution in [2.45, 2.75) is 13.8 Å². The second-order valence-electron chi connectivity index (χ2n) is 3.94. The van der Waals surface area contributed by atoms with Gasteiger partial charge in [0.1, 0.15) is 17.9 Å². The van der Waals surface area contributed by atoms with Crippen LogP contribution >= 0.6 is 0 Å². The van der Waals surface area contributed by atoms with Gasteiger partial charge in [0.05, 0.1) is 0 Å². The van der Waals surface area contributed by atoms with Crippen molar-refractivity contribution < 1.29 is 14.6 Å². The summed E-state index contributed by atoms with van der Waals surface area (Å²) < 4.78 is 5.10.